The molecule has 0 aromatic rings. The Morgan fingerprint density at radius 1 is 0.644 bits per heavy atom. The van der Waals surface area contributed by atoms with E-state index in [-0.39, 0.29) is 42.7 Å². The zero-order chi connectivity index (χ0) is 33.6. The molecule has 0 bridgehead atoms. The summed E-state index contributed by atoms with van der Waals surface area (Å²) >= 11 is 0. The van der Waals surface area contributed by atoms with Gasteiger partial charge in [-0.25, -0.2) is 0 Å². The van der Waals surface area contributed by atoms with Crippen LogP contribution in [0.5, 0.6) is 0 Å². The van der Waals surface area contributed by atoms with Crippen LogP contribution in [-0.4, -0.2) is 75.5 Å². The van der Waals surface area contributed by atoms with Gasteiger partial charge in [0.2, 0.25) is 0 Å². The van der Waals surface area contributed by atoms with E-state index in [1.165, 1.54) is 64.2 Å². The minimum absolute atomic E-state index is 0.0416. The lowest BCUT2D eigenvalue weighted by Gasteiger charge is -2.34. The van der Waals surface area contributed by atoms with E-state index < -0.39 is 18.1 Å². The van der Waals surface area contributed by atoms with Gasteiger partial charge in [-0.2, -0.15) is 0 Å². The average Bonchev–Trinajstić information content (AvgIpc) is 2.98. The van der Waals surface area contributed by atoms with Crippen molar-refractivity contribution < 1.29 is 38.2 Å². The highest BCUT2D eigenvalue weighted by molar-refractivity contribution is 5.70. The number of carbonyl (C=O) groups is 3. The molecule has 8 heteroatoms. The number of rotatable bonds is 32. The van der Waals surface area contributed by atoms with E-state index in [4.69, 9.17) is 14.2 Å². The second-order valence-corrected chi connectivity index (χ2v) is 13.5. The van der Waals surface area contributed by atoms with Gasteiger partial charge < -0.3 is 28.6 Å². The van der Waals surface area contributed by atoms with Gasteiger partial charge in [-0.05, 0) is 32.1 Å². The number of nitrogens with zero attached hydrogens (tertiary/aromatic N) is 1. The van der Waals surface area contributed by atoms with Crippen LogP contribution in [0, 0.1) is 0 Å². The Bertz CT molecular complexity index is 762. The molecule has 0 aromatic carbocycles. The third-order valence-electron chi connectivity index (χ3n) is 8.13. The Morgan fingerprint density at radius 3 is 1.69 bits per heavy atom. The normalized spacial score (nSPS) is 13.2. The Balaban J connectivity index is 4.45. The summed E-state index contributed by atoms with van der Waals surface area (Å²) in [4.78, 5) is 36.5. The molecule has 2 atom stereocenters. The molecule has 0 aliphatic carbocycles. The second kappa shape index (κ2) is 29.5. The van der Waals surface area contributed by atoms with Crippen LogP contribution in [0.2, 0.25) is 0 Å². The van der Waals surface area contributed by atoms with Crippen LogP contribution in [0.25, 0.3) is 0 Å². The van der Waals surface area contributed by atoms with Crippen molar-refractivity contribution in [2.45, 2.75) is 167 Å². The lowest BCUT2D eigenvalue weighted by molar-refractivity contribution is -0.889. The number of unbranched alkanes of at least 4 members (excludes halogenated alkanes) is 16. The van der Waals surface area contributed by atoms with Gasteiger partial charge in [-0.15, -0.1) is 0 Å². The van der Waals surface area contributed by atoms with Crippen molar-refractivity contribution in [2.24, 2.45) is 0 Å². The minimum atomic E-state index is -1.13. The van der Waals surface area contributed by atoms with E-state index >= 15 is 0 Å². The highest BCUT2D eigenvalue weighted by Gasteiger charge is 2.25. The van der Waals surface area contributed by atoms with E-state index in [0.717, 1.165) is 57.8 Å². The van der Waals surface area contributed by atoms with E-state index in [1.54, 1.807) is 21.1 Å². The fraction of sp³-hybridized carbons (Fsp3) is 0.865. The first-order valence-corrected chi connectivity index (χ1v) is 18.2. The third-order valence-corrected chi connectivity index (χ3v) is 8.13. The lowest BCUT2D eigenvalue weighted by atomic mass is 10.1. The predicted molar refractivity (Wildman–Crippen MR) is 181 cm³/mol. The van der Waals surface area contributed by atoms with Gasteiger partial charge in [-0.3, -0.25) is 9.59 Å². The molecule has 0 spiro atoms. The third kappa shape index (κ3) is 28.1. The Morgan fingerprint density at radius 2 is 1.16 bits per heavy atom. The molecule has 0 N–H and O–H groups in total. The van der Waals surface area contributed by atoms with Crippen molar-refractivity contribution in [3.05, 3.63) is 12.2 Å². The van der Waals surface area contributed by atoms with Gasteiger partial charge in [0.1, 0.15) is 12.6 Å². The Labute approximate surface area is 276 Å². The van der Waals surface area contributed by atoms with Crippen molar-refractivity contribution in [3.63, 3.8) is 0 Å². The molecule has 8 nitrogen and oxygen atoms in total. The molecule has 0 rings (SSSR count). The lowest BCUT2D eigenvalue weighted by Crippen LogP contribution is -2.55. The van der Waals surface area contributed by atoms with E-state index in [0.29, 0.717) is 12.8 Å². The largest absolute Gasteiger partial charge is 0.544 e. The Kier molecular flexibility index (Phi) is 28.2. The number of allylic oxidation sites excluding steroid dienone is 2. The monoisotopic (exact) mass is 640 g/mol. The molecule has 0 amide bonds. The van der Waals surface area contributed by atoms with Crippen LogP contribution in [0.15, 0.2) is 12.2 Å². The average molecular weight is 640 g/mol. The number of quaternary nitrogens is 1. The summed E-state index contributed by atoms with van der Waals surface area (Å²) in [6.45, 7) is 4.57. The summed E-state index contributed by atoms with van der Waals surface area (Å²) in [7, 11) is 5.39. The molecule has 0 heterocycles. The van der Waals surface area contributed by atoms with Gasteiger partial charge in [0.25, 0.3) is 0 Å². The highest BCUT2D eigenvalue weighted by atomic mass is 16.6. The highest BCUT2D eigenvalue weighted by Crippen LogP contribution is 2.14. The summed E-state index contributed by atoms with van der Waals surface area (Å²) < 4.78 is 17.0. The van der Waals surface area contributed by atoms with Crippen molar-refractivity contribution in [2.75, 3.05) is 41.0 Å². The second-order valence-electron chi connectivity index (χ2n) is 13.5. The molecule has 0 aromatic heterocycles. The predicted octanol–water partition coefficient (Wildman–Crippen LogP) is 7.46. The van der Waals surface area contributed by atoms with Crippen LogP contribution in [0.3, 0.4) is 0 Å². The van der Waals surface area contributed by atoms with E-state index in [2.05, 4.69) is 26.0 Å². The number of esters is 2. The molecular weight excluding hydrogens is 570 g/mol. The number of carbonyl (C=O) groups excluding carboxylic acids is 3. The molecule has 0 aliphatic rings. The number of hydrogen-bond acceptors (Lipinski definition) is 7. The summed E-state index contributed by atoms with van der Waals surface area (Å²) in [6, 6.07) is -0.720. The maximum absolute atomic E-state index is 12.6. The van der Waals surface area contributed by atoms with Crippen LogP contribution in [0.4, 0.5) is 0 Å². The fourth-order valence-corrected chi connectivity index (χ4v) is 5.25. The first-order valence-electron chi connectivity index (χ1n) is 18.2. The van der Waals surface area contributed by atoms with Crippen molar-refractivity contribution in [3.8, 4) is 0 Å². The zero-order valence-corrected chi connectivity index (χ0v) is 29.8. The minimum Gasteiger partial charge on any atom is -0.544 e. The number of likely N-dealkylation sites (N-methyl/N-ethyl adjacent to an activating group) is 1. The maximum Gasteiger partial charge on any atom is 0.306 e. The van der Waals surface area contributed by atoms with Crippen molar-refractivity contribution in [1.29, 1.82) is 0 Å². The molecule has 0 fully saturated rings. The molecule has 0 saturated heterocycles. The first kappa shape index (κ1) is 43.1. The van der Waals surface area contributed by atoms with Gasteiger partial charge in [0.05, 0.1) is 40.3 Å². The van der Waals surface area contributed by atoms with Gasteiger partial charge in [0.15, 0.2) is 6.10 Å². The molecule has 264 valence electrons. The van der Waals surface area contributed by atoms with E-state index in [9.17, 15) is 19.5 Å². The smallest absolute Gasteiger partial charge is 0.306 e. The maximum atomic E-state index is 12.6. The SMILES string of the molecule is CCC/C=C\CCCCCCCC(=O)OC(COCCC(C(=O)[O-])[N+](C)(C)C)COC(=O)CCCCCCCCCCCCC. The fourth-order valence-electron chi connectivity index (χ4n) is 5.25. The Hall–Kier alpha value is -1.93. The first-order chi connectivity index (χ1) is 21.6. The standard InChI is InChI=1S/C37H69NO7/c1-6-8-10-12-14-16-18-20-21-23-25-27-35(39)44-32-33(31-43-30-29-34(37(41)42)38(3,4)5)45-36(40)28-26-24-22-19-17-15-13-11-9-7-2/h11,13,33-34H,6-10,12,14-32H2,1-5H3/b13-11-. The van der Waals surface area contributed by atoms with Gasteiger partial charge >= 0.3 is 11.9 Å². The topological polar surface area (TPSA) is 102 Å². The molecule has 0 saturated carbocycles. The number of hydrogen-bond donors (Lipinski definition) is 0. The summed E-state index contributed by atoms with van der Waals surface area (Å²) in [5.41, 5.74) is 0. The number of carboxylic acids is 1. The van der Waals surface area contributed by atoms with Crippen LogP contribution < -0.4 is 5.11 Å². The van der Waals surface area contributed by atoms with Crippen molar-refractivity contribution in [1.82, 2.24) is 0 Å². The molecule has 45 heavy (non-hydrogen) atoms. The number of carboxylic acid groups (broad SMARTS) is 1. The molecule has 0 aliphatic heterocycles. The number of ether oxygens (including phenoxy) is 3. The van der Waals surface area contributed by atoms with Gasteiger partial charge in [-0.1, -0.05) is 116 Å². The zero-order valence-electron chi connectivity index (χ0n) is 29.8. The number of aliphatic carboxylic acids is 1. The van der Waals surface area contributed by atoms with Crippen LogP contribution >= 0.6 is 0 Å². The summed E-state index contributed by atoms with van der Waals surface area (Å²) in [6.07, 6.45) is 26.6. The van der Waals surface area contributed by atoms with E-state index in [1.807, 2.05) is 0 Å². The van der Waals surface area contributed by atoms with Gasteiger partial charge in [0, 0.05) is 19.3 Å². The van der Waals surface area contributed by atoms with Crippen LogP contribution in [0.1, 0.15) is 155 Å². The molecule has 2 unspecified atom stereocenters. The summed E-state index contributed by atoms with van der Waals surface area (Å²) in [5.74, 6) is -1.75. The molecule has 0 radical (unpaired) electrons. The summed E-state index contributed by atoms with van der Waals surface area (Å²) in [5, 5.41) is 11.5. The van der Waals surface area contributed by atoms with Crippen molar-refractivity contribution >= 4 is 17.9 Å². The quantitative estimate of drug-likeness (QED) is 0.0326. The molecular formula is C37H69NO7. The van der Waals surface area contributed by atoms with Crippen LogP contribution in [-0.2, 0) is 28.6 Å².